The summed E-state index contributed by atoms with van der Waals surface area (Å²) in [6.07, 6.45) is 15.3. The minimum absolute atomic E-state index is 0.782. The van der Waals surface area contributed by atoms with Gasteiger partial charge in [-0.15, -0.1) is 0 Å². The summed E-state index contributed by atoms with van der Waals surface area (Å²) in [6.45, 7) is 7.00. The van der Waals surface area contributed by atoms with Crippen molar-refractivity contribution in [2.75, 3.05) is 0 Å². The van der Waals surface area contributed by atoms with Crippen molar-refractivity contribution in [3.63, 3.8) is 0 Å². The Bertz CT molecular complexity index is 340. The summed E-state index contributed by atoms with van der Waals surface area (Å²) in [5, 5.41) is 0. The van der Waals surface area contributed by atoms with Crippen molar-refractivity contribution < 1.29 is 0 Å². The second kappa shape index (κ2) is 12.7. The SMILES string of the molecule is CCCCCCCC(c1ccccc1)C(CC)CCCCC. The fourth-order valence-electron chi connectivity index (χ4n) is 3.69. The molecule has 0 aliphatic heterocycles. The fraction of sp³-hybridized carbons (Fsp3) is 0.727. The molecule has 2 atom stereocenters. The molecular formula is C22H38. The molecule has 0 aliphatic carbocycles. The third-order valence-electron chi connectivity index (χ3n) is 5.12. The van der Waals surface area contributed by atoms with Gasteiger partial charge in [-0.1, -0.05) is 109 Å². The van der Waals surface area contributed by atoms with E-state index in [1.54, 1.807) is 5.56 Å². The molecule has 0 spiro atoms. The van der Waals surface area contributed by atoms with Crippen LogP contribution in [0.5, 0.6) is 0 Å². The molecule has 2 unspecified atom stereocenters. The second-order valence-electron chi connectivity index (χ2n) is 6.88. The molecule has 0 aliphatic rings. The lowest BCUT2D eigenvalue weighted by molar-refractivity contribution is 0.344. The van der Waals surface area contributed by atoms with Crippen LogP contribution >= 0.6 is 0 Å². The molecule has 0 amide bonds. The van der Waals surface area contributed by atoms with Gasteiger partial charge >= 0.3 is 0 Å². The Hall–Kier alpha value is -0.780. The van der Waals surface area contributed by atoms with E-state index in [2.05, 4.69) is 51.1 Å². The van der Waals surface area contributed by atoms with Crippen LogP contribution in [-0.2, 0) is 0 Å². The molecule has 0 heteroatoms. The van der Waals surface area contributed by atoms with Crippen LogP contribution in [0.3, 0.4) is 0 Å². The van der Waals surface area contributed by atoms with Gasteiger partial charge in [0.2, 0.25) is 0 Å². The van der Waals surface area contributed by atoms with Crippen molar-refractivity contribution in [2.45, 2.75) is 97.3 Å². The summed E-state index contributed by atoms with van der Waals surface area (Å²) in [7, 11) is 0. The van der Waals surface area contributed by atoms with E-state index in [-0.39, 0.29) is 0 Å². The predicted octanol–water partition coefficient (Wildman–Crippen LogP) is 7.74. The Labute approximate surface area is 139 Å². The van der Waals surface area contributed by atoms with Gasteiger partial charge in [0.15, 0.2) is 0 Å². The van der Waals surface area contributed by atoms with Crippen LogP contribution in [0.4, 0.5) is 0 Å². The quantitative estimate of drug-likeness (QED) is 0.327. The van der Waals surface area contributed by atoms with Gasteiger partial charge in [0.1, 0.15) is 0 Å². The van der Waals surface area contributed by atoms with Crippen LogP contribution in [0.1, 0.15) is 103 Å². The maximum atomic E-state index is 2.39. The zero-order chi connectivity index (χ0) is 16.0. The van der Waals surface area contributed by atoms with Gasteiger partial charge in [-0.2, -0.15) is 0 Å². The van der Waals surface area contributed by atoms with E-state index in [4.69, 9.17) is 0 Å². The lowest BCUT2D eigenvalue weighted by Crippen LogP contribution is -2.13. The molecule has 0 fully saturated rings. The molecule has 0 saturated carbocycles. The molecule has 0 saturated heterocycles. The highest BCUT2D eigenvalue weighted by atomic mass is 14.3. The van der Waals surface area contributed by atoms with E-state index in [1.165, 1.54) is 70.6 Å². The van der Waals surface area contributed by atoms with Crippen LogP contribution in [0.2, 0.25) is 0 Å². The third kappa shape index (κ3) is 7.47. The van der Waals surface area contributed by atoms with Crippen molar-refractivity contribution in [3.8, 4) is 0 Å². The highest BCUT2D eigenvalue weighted by Gasteiger charge is 2.20. The number of unbranched alkanes of at least 4 members (excludes halogenated alkanes) is 6. The second-order valence-corrected chi connectivity index (χ2v) is 6.88. The molecule has 0 nitrogen and oxygen atoms in total. The zero-order valence-corrected chi connectivity index (χ0v) is 15.3. The maximum Gasteiger partial charge on any atom is -0.0134 e. The lowest BCUT2D eigenvalue weighted by atomic mass is 9.78. The highest BCUT2D eigenvalue weighted by molar-refractivity contribution is 5.20. The molecule has 0 heterocycles. The first-order valence-electron chi connectivity index (χ1n) is 9.88. The Balaban J connectivity index is 2.59. The van der Waals surface area contributed by atoms with Gasteiger partial charge in [0.05, 0.1) is 0 Å². The first-order valence-corrected chi connectivity index (χ1v) is 9.88. The Kier molecular flexibility index (Phi) is 11.2. The molecule has 1 aromatic carbocycles. The van der Waals surface area contributed by atoms with E-state index >= 15 is 0 Å². The summed E-state index contributed by atoms with van der Waals surface area (Å²) in [5.74, 6) is 1.66. The van der Waals surface area contributed by atoms with E-state index in [0.717, 1.165) is 11.8 Å². The van der Waals surface area contributed by atoms with Crippen LogP contribution < -0.4 is 0 Å². The standard InChI is InChI=1S/C22H38/c1-4-7-9-10-15-19-22(21-17-13-11-14-18-21)20(6-3)16-12-8-5-2/h11,13-14,17-18,20,22H,4-10,12,15-16,19H2,1-3H3. The van der Waals surface area contributed by atoms with E-state index in [9.17, 15) is 0 Å². The molecule has 0 N–H and O–H groups in total. The largest absolute Gasteiger partial charge is 0.0654 e. The molecule has 0 aromatic heterocycles. The fourth-order valence-corrected chi connectivity index (χ4v) is 3.69. The molecule has 126 valence electrons. The van der Waals surface area contributed by atoms with E-state index in [0.29, 0.717) is 0 Å². The van der Waals surface area contributed by atoms with Gasteiger partial charge in [-0.05, 0) is 30.2 Å². The number of rotatable bonds is 13. The summed E-state index contributed by atoms with van der Waals surface area (Å²) in [5.41, 5.74) is 1.58. The van der Waals surface area contributed by atoms with Crippen LogP contribution in [0.15, 0.2) is 30.3 Å². The van der Waals surface area contributed by atoms with Gasteiger partial charge in [-0.3, -0.25) is 0 Å². The maximum absolute atomic E-state index is 2.39. The minimum atomic E-state index is 0.782. The summed E-state index contributed by atoms with van der Waals surface area (Å²) >= 11 is 0. The topological polar surface area (TPSA) is 0 Å². The number of hydrogen-bond acceptors (Lipinski definition) is 0. The van der Waals surface area contributed by atoms with Crippen LogP contribution in [0, 0.1) is 5.92 Å². The predicted molar refractivity (Wildman–Crippen MR) is 100 cm³/mol. The summed E-state index contributed by atoms with van der Waals surface area (Å²) in [6, 6.07) is 11.3. The summed E-state index contributed by atoms with van der Waals surface area (Å²) < 4.78 is 0. The Morgan fingerprint density at radius 1 is 0.682 bits per heavy atom. The average Bonchev–Trinajstić information content (AvgIpc) is 2.57. The average molecular weight is 303 g/mol. The van der Waals surface area contributed by atoms with Crippen molar-refractivity contribution in [3.05, 3.63) is 35.9 Å². The first kappa shape index (κ1) is 19.3. The lowest BCUT2D eigenvalue weighted by Gasteiger charge is -2.27. The van der Waals surface area contributed by atoms with E-state index < -0.39 is 0 Å². The van der Waals surface area contributed by atoms with Gasteiger partial charge in [0, 0.05) is 0 Å². The molecule has 0 bridgehead atoms. The number of hydrogen-bond donors (Lipinski definition) is 0. The monoisotopic (exact) mass is 302 g/mol. The smallest absolute Gasteiger partial charge is 0.0134 e. The zero-order valence-electron chi connectivity index (χ0n) is 15.3. The van der Waals surface area contributed by atoms with Crippen LogP contribution in [-0.4, -0.2) is 0 Å². The van der Waals surface area contributed by atoms with Crippen molar-refractivity contribution in [1.29, 1.82) is 0 Å². The van der Waals surface area contributed by atoms with Crippen molar-refractivity contribution in [1.82, 2.24) is 0 Å². The van der Waals surface area contributed by atoms with Crippen LogP contribution in [0.25, 0.3) is 0 Å². The molecular weight excluding hydrogens is 264 g/mol. The Morgan fingerprint density at radius 3 is 1.91 bits per heavy atom. The van der Waals surface area contributed by atoms with E-state index in [1.807, 2.05) is 0 Å². The Morgan fingerprint density at radius 2 is 1.27 bits per heavy atom. The molecule has 22 heavy (non-hydrogen) atoms. The molecule has 1 rings (SSSR count). The summed E-state index contributed by atoms with van der Waals surface area (Å²) in [4.78, 5) is 0. The third-order valence-corrected chi connectivity index (χ3v) is 5.12. The van der Waals surface area contributed by atoms with Gasteiger partial charge in [-0.25, -0.2) is 0 Å². The minimum Gasteiger partial charge on any atom is -0.0654 e. The first-order chi connectivity index (χ1) is 10.8. The normalized spacial score (nSPS) is 14.0. The van der Waals surface area contributed by atoms with Gasteiger partial charge in [0.25, 0.3) is 0 Å². The molecule has 1 aromatic rings. The molecule has 0 radical (unpaired) electrons. The van der Waals surface area contributed by atoms with Crippen molar-refractivity contribution in [2.24, 2.45) is 5.92 Å². The highest BCUT2D eigenvalue weighted by Crippen LogP contribution is 2.35. The van der Waals surface area contributed by atoms with Gasteiger partial charge < -0.3 is 0 Å². The number of benzene rings is 1. The van der Waals surface area contributed by atoms with Crippen molar-refractivity contribution >= 4 is 0 Å².